The van der Waals surface area contributed by atoms with Crippen molar-refractivity contribution in [3.05, 3.63) is 131 Å². The number of fused-ring (bicyclic) bond motifs is 2. The third-order valence-corrected chi connectivity index (χ3v) is 9.04. The molecule has 6 heteroatoms. The van der Waals surface area contributed by atoms with Crippen molar-refractivity contribution in [3.8, 4) is 0 Å². The SMILES string of the molecule is CC(=O)/C(C1=C(/C=C/C2=[N+](C)c3ccccc3C2(C)C)CC/C1=C\C=C1\N(C)c2ccccc2C1(C)C)=C(/C)O.[CH3-].[NH2-].[Pt+2]. The maximum Gasteiger partial charge on any atom is 2.00 e. The summed E-state index contributed by atoms with van der Waals surface area (Å²) in [4.78, 5) is 15.1. The second-order valence-corrected chi connectivity index (χ2v) is 12.3. The number of aliphatic hydroxyl groups is 1. The molecule has 2 aliphatic heterocycles. The summed E-state index contributed by atoms with van der Waals surface area (Å²) in [6.45, 7) is 12.2. The summed E-state index contributed by atoms with van der Waals surface area (Å²) in [6.07, 6.45) is 10.4. The van der Waals surface area contributed by atoms with Crippen LogP contribution in [-0.4, -0.2) is 35.3 Å². The van der Waals surface area contributed by atoms with Crippen LogP contribution in [0.25, 0.3) is 6.15 Å². The number of ketones is 1. The minimum Gasteiger partial charge on any atom is -0.693 e. The molecule has 3 N–H and O–H groups in total. The predicted molar refractivity (Wildman–Crippen MR) is 177 cm³/mol. The normalized spacial score (nSPS) is 20.5. The molecule has 5 nitrogen and oxygen atoms in total. The standard InChI is InChI=1S/C36H40N2O2.CH3.H2N.Pt/c1-23(39)33(24(2)40)34-25(19-21-31-35(3,4)27-13-9-11-15-29(27)37(31)7)17-18-26(34)20-22-32-36(5,6)28-14-10-12-16-30(28)38(32)8;;;/h9-16,19-22H,17-18H2,1-8H3;1H3;1H2;/q;2*-1;+2/p+1/b25-19+,31-21+;;;. The largest absolute Gasteiger partial charge is 2.00 e. The molecule has 0 saturated carbocycles. The average Bonchev–Trinajstić information content (AvgIpc) is 3.44. The zero-order valence-corrected chi connectivity index (χ0v) is 29.3. The van der Waals surface area contributed by atoms with Crippen molar-refractivity contribution in [1.29, 1.82) is 0 Å². The Morgan fingerprint density at radius 3 is 2.09 bits per heavy atom. The number of rotatable bonds is 5. The van der Waals surface area contributed by atoms with Crippen molar-refractivity contribution in [3.63, 3.8) is 0 Å². The summed E-state index contributed by atoms with van der Waals surface area (Å²) in [6, 6.07) is 17.1. The molecule has 3 aliphatic rings. The predicted octanol–water partition coefficient (Wildman–Crippen LogP) is 9.16. The van der Waals surface area contributed by atoms with Crippen LogP contribution in [0, 0.1) is 7.43 Å². The molecule has 0 spiro atoms. The van der Waals surface area contributed by atoms with Gasteiger partial charge in [0.25, 0.3) is 0 Å². The van der Waals surface area contributed by atoms with Crippen LogP contribution in [0.15, 0.2) is 107 Å². The van der Waals surface area contributed by atoms with Gasteiger partial charge in [0.2, 0.25) is 5.69 Å². The van der Waals surface area contributed by atoms with Gasteiger partial charge in [-0.2, -0.15) is 4.58 Å². The molecule has 0 amide bonds. The number of para-hydroxylation sites is 2. The maximum absolute atomic E-state index is 12.9. The number of nitrogens with zero attached hydrogens (tertiary/aromatic N) is 2. The van der Waals surface area contributed by atoms with Crippen LogP contribution in [0.3, 0.4) is 0 Å². The summed E-state index contributed by atoms with van der Waals surface area (Å²) in [5.74, 6) is -0.0524. The van der Waals surface area contributed by atoms with Gasteiger partial charge in [-0.3, -0.25) is 4.79 Å². The molecule has 2 aromatic carbocycles. The number of aliphatic hydroxyl groups excluding tert-OH is 1. The van der Waals surface area contributed by atoms with E-state index >= 15 is 0 Å². The van der Waals surface area contributed by atoms with E-state index in [0.717, 1.165) is 29.6 Å². The molecule has 2 heterocycles. The number of likely N-dealkylation sites (N-methyl/N-ethyl adjacent to an activating group) is 1. The summed E-state index contributed by atoms with van der Waals surface area (Å²) < 4.78 is 2.26. The Hall–Kier alpha value is -3.27. The van der Waals surface area contributed by atoms with Gasteiger partial charge in [-0.05, 0) is 75.0 Å². The monoisotopic (exact) mass is 759 g/mol. The van der Waals surface area contributed by atoms with Gasteiger partial charge in [0.1, 0.15) is 12.8 Å². The van der Waals surface area contributed by atoms with E-state index in [4.69, 9.17) is 0 Å². The van der Waals surface area contributed by atoms with Crippen molar-refractivity contribution in [2.24, 2.45) is 0 Å². The van der Waals surface area contributed by atoms with Crippen LogP contribution in [0.4, 0.5) is 11.4 Å². The van der Waals surface area contributed by atoms with E-state index in [1.165, 1.54) is 33.9 Å². The zero-order chi connectivity index (χ0) is 29.0. The van der Waals surface area contributed by atoms with E-state index in [1.54, 1.807) is 13.8 Å². The Balaban J connectivity index is 0.00000215. The number of hydrogen-bond donors (Lipinski definition) is 1. The minimum atomic E-state index is -0.135. The van der Waals surface area contributed by atoms with Gasteiger partial charge in [0, 0.05) is 41.6 Å². The van der Waals surface area contributed by atoms with Crippen molar-refractivity contribution in [2.75, 3.05) is 19.0 Å². The molecule has 5 rings (SSSR count). The number of Topliss-reactive ketones (excluding diaryl/α,β-unsaturated/α-hetero) is 1. The summed E-state index contributed by atoms with van der Waals surface area (Å²) in [5.41, 5.74) is 10.7. The number of nitrogens with two attached hydrogens (primary N) is 1. The van der Waals surface area contributed by atoms with E-state index in [-0.39, 0.29) is 57.0 Å². The first-order valence-electron chi connectivity index (χ1n) is 14.1. The summed E-state index contributed by atoms with van der Waals surface area (Å²) in [5, 5.41) is 10.7. The molecule has 2 aromatic rings. The number of hydrogen-bond acceptors (Lipinski definition) is 3. The van der Waals surface area contributed by atoms with Crippen LogP contribution in [0.1, 0.15) is 65.5 Å². The van der Waals surface area contributed by atoms with Gasteiger partial charge >= 0.3 is 21.1 Å². The van der Waals surface area contributed by atoms with E-state index in [2.05, 4.69) is 124 Å². The first-order chi connectivity index (χ1) is 18.9. The molecule has 1 aliphatic carbocycles. The number of anilines is 1. The maximum atomic E-state index is 12.9. The number of carbonyl (C=O) groups is 1. The number of allylic oxidation sites excluding steroid dienone is 10. The molecule has 0 fully saturated rings. The van der Waals surface area contributed by atoms with Crippen molar-refractivity contribution < 1.29 is 35.5 Å². The van der Waals surface area contributed by atoms with E-state index in [1.807, 2.05) is 0 Å². The molecule has 0 saturated heterocycles. The Kier molecular flexibility index (Phi) is 11.0. The zero-order valence-electron chi connectivity index (χ0n) is 27.0. The fraction of sp³-hybridized carbons (Fsp3) is 0.324. The van der Waals surface area contributed by atoms with E-state index in [9.17, 15) is 9.90 Å². The smallest absolute Gasteiger partial charge is 0.693 e. The third kappa shape index (κ3) is 5.95. The average molecular weight is 760 g/mol. The Morgan fingerprint density at radius 2 is 1.51 bits per heavy atom. The van der Waals surface area contributed by atoms with Crippen LogP contribution in [0.5, 0.6) is 0 Å². The molecular weight excluding hydrogens is 714 g/mol. The van der Waals surface area contributed by atoms with Gasteiger partial charge in [-0.25, -0.2) is 0 Å². The van der Waals surface area contributed by atoms with E-state index in [0.29, 0.717) is 5.57 Å². The van der Waals surface area contributed by atoms with E-state index < -0.39 is 0 Å². The van der Waals surface area contributed by atoms with Gasteiger partial charge in [-0.1, -0.05) is 62.4 Å². The van der Waals surface area contributed by atoms with Gasteiger partial charge < -0.3 is 23.6 Å². The second kappa shape index (κ2) is 13.2. The van der Waals surface area contributed by atoms with Crippen LogP contribution >= 0.6 is 0 Å². The Labute approximate surface area is 272 Å². The number of benzene rings is 2. The van der Waals surface area contributed by atoms with Crippen LogP contribution in [-0.2, 0) is 36.7 Å². The van der Waals surface area contributed by atoms with Crippen molar-refractivity contribution in [1.82, 2.24) is 0 Å². The minimum absolute atomic E-state index is 0. The third-order valence-electron chi connectivity index (χ3n) is 9.04. The first kappa shape index (κ1) is 35.9. The fourth-order valence-electron chi connectivity index (χ4n) is 6.95. The molecule has 43 heavy (non-hydrogen) atoms. The number of carbonyl (C=O) groups excluding carboxylic acids is 1. The van der Waals surface area contributed by atoms with Crippen molar-refractivity contribution in [2.45, 2.75) is 65.2 Å². The van der Waals surface area contributed by atoms with Crippen LogP contribution in [0.2, 0.25) is 0 Å². The molecule has 0 aromatic heterocycles. The molecule has 0 atom stereocenters. The quantitative estimate of drug-likeness (QED) is 0.143. The topological polar surface area (TPSA) is 77.0 Å². The Morgan fingerprint density at radius 1 is 0.907 bits per heavy atom. The van der Waals surface area contributed by atoms with Crippen molar-refractivity contribution >= 4 is 22.9 Å². The molecule has 0 radical (unpaired) electrons. The molecule has 230 valence electrons. The summed E-state index contributed by atoms with van der Waals surface area (Å²) >= 11 is 0. The van der Waals surface area contributed by atoms with Gasteiger partial charge in [-0.15, -0.1) is 0 Å². The van der Waals surface area contributed by atoms with Gasteiger partial charge in [0.15, 0.2) is 11.5 Å². The molecule has 0 unspecified atom stereocenters. The fourth-order valence-corrected chi connectivity index (χ4v) is 6.95. The summed E-state index contributed by atoms with van der Waals surface area (Å²) in [7, 11) is 4.23. The Bertz CT molecular complexity index is 1610. The second-order valence-electron chi connectivity index (χ2n) is 12.3. The van der Waals surface area contributed by atoms with Crippen LogP contribution < -0.4 is 4.90 Å². The molecular formula is C37H46N3O2Pt+. The van der Waals surface area contributed by atoms with Gasteiger partial charge in [0.05, 0.1) is 11.0 Å². The first-order valence-corrected chi connectivity index (χ1v) is 14.1. The molecule has 0 bridgehead atoms.